The van der Waals surface area contributed by atoms with E-state index in [2.05, 4.69) is 5.32 Å². The summed E-state index contributed by atoms with van der Waals surface area (Å²) in [6.07, 6.45) is -4.12. The molecule has 1 rings (SSSR count). The number of hydrogen-bond donors (Lipinski definition) is 2. The number of likely N-dealkylation sites (N-methyl/N-ethyl adjacent to an activating group) is 1. The summed E-state index contributed by atoms with van der Waals surface area (Å²) in [5, 5.41) is 4.21. The largest absolute Gasteiger partial charge is 0.401 e. The maximum absolute atomic E-state index is 11.8. The number of likely N-dealkylation sites (tertiary alicyclic amines) is 1. The first-order valence-electron chi connectivity index (χ1n) is 5.58. The van der Waals surface area contributed by atoms with Gasteiger partial charge in [-0.15, -0.1) is 0 Å². The van der Waals surface area contributed by atoms with Gasteiger partial charge in [-0.1, -0.05) is 0 Å². The van der Waals surface area contributed by atoms with E-state index in [0.717, 1.165) is 4.90 Å². The maximum Gasteiger partial charge on any atom is 0.401 e. The number of amides is 3. The topological polar surface area (TPSA) is 78.5 Å². The van der Waals surface area contributed by atoms with E-state index in [-0.39, 0.29) is 18.7 Å². The van der Waals surface area contributed by atoms with Gasteiger partial charge in [-0.05, 0) is 6.42 Å². The van der Waals surface area contributed by atoms with Gasteiger partial charge in [0, 0.05) is 13.5 Å². The second-order valence-electron chi connectivity index (χ2n) is 4.17. The van der Waals surface area contributed by atoms with Crippen LogP contribution in [0.2, 0.25) is 0 Å². The first-order valence-corrected chi connectivity index (χ1v) is 5.58. The van der Waals surface area contributed by atoms with Crippen LogP contribution in [0.4, 0.5) is 13.2 Å². The molecule has 0 aromatic rings. The van der Waals surface area contributed by atoms with E-state index in [9.17, 15) is 27.6 Å². The molecule has 1 unspecified atom stereocenters. The van der Waals surface area contributed by atoms with Gasteiger partial charge >= 0.3 is 6.18 Å². The van der Waals surface area contributed by atoms with Gasteiger partial charge in [-0.25, -0.2) is 0 Å². The van der Waals surface area contributed by atoms with Crippen molar-refractivity contribution >= 4 is 17.7 Å². The van der Waals surface area contributed by atoms with E-state index in [0.29, 0.717) is 0 Å². The minimum atomic E-state index is -4.40. The minimum Gasteiger partial charge on any atom is -0.343 e. The van der Waals surface area contributed by atoms with Crippen molar-refractivity contribution in [3.63, 3.8) is 0 Å². The normalized spacial score (nSPS) is 20.6. The van der Waals surface area contributed by atoms with Gasteiger partial charge in [0.2, 0.25) is 11.8 Å². The van der Waals surface area contributed by atoms with E-state index < -0.39 is 37.1 Å². The summed E-state index contributed by atoms with van der Waals surface area (Å²) in [5.41, 5.74) is 0. The lowest BCUT2D eigenvalue weighted by atomic mass is 10.0. The predicted molar refractivity (Wildman–Crippen MR) is 57.9 cm³/mol. The Hall–Kier alpha value is -1.64. The lowest BCUT2D eigenvalue weighted by molar-refractivity contribution is -0.149. The van der Waals surface area contributed by atoms with Crippen molar-refractivity contribution < 1.29 is 27.6 Å². The third-order valence-electron chi connectivity index (χ3n) is 2.60. The Morgan fingerprint density at radius 1 is 1.42 bits per heavy atom. The highest BCUT2D eigenvalue weighted by Crippen LogP contribution is 2.12. The quantitative estimate of drug-likeness (QED) is 0.675. The van der Waals surface area contributed by atoms with Crippen LogP contribution in [0.1, 0.15) is 12.8 Å². The predicted octanol–water partition coefficient (Wildman–Crippen LogP) is -0.598. The third kappa shape index (κ3) is 4.86. The van der Waals surface area contributed by atoms with Crippen LogP contribution in [0, 0.1) is 0 Å². The SMILES string of the molecule is CN1C(=O)CCC(NC(=O)CNCC(F)(F)F)C1=O. The minimum absolute atomic E-state index is 0.114. The van der Waals surface area contributed by atoms with Crippen LogP contribution in [0.25, 0.3) is 0 Å². The molecule has 1 atom stereocenters. The van der Waals surface area contributed by atoms with Crippen molar-refractivity contribution in [3.05, 3.63) is 0 Å². The Balaban J connectivity index is 2.36. The van der Waals surface area contributed by atoms with Crippen LogP contribution < -0.4 is 10.6 Å². The third-order valence-corrected chi connectivity index (χ3v) is 2.60. The number of alkyl halides is 3. The Bertz CT molecular complexity index is 384. The average molecular weight is 281 g/mol. The molecule has 1 aliphatic heterocycles. The van der Waals surface area contributed by atoms with Crippen LogP contribution in [0.3, 0.4) is 0 Å². The molecule has 9 heteroatoms. The van der Waals surface area contributed by atoms with Crippen molar-refractivity contribution in [3.8, 4) is 0 Å². The Kier molecular flexibility index (Phi) is 4.87. The molecule has 0 saturated carbocycles. The Morgan fingerprint density at radius 2 is 2.05 bits per heavy atom. The Labute approximate surface area is 107 Å². The molecular formula is C10H14F3N3O3. The zero-order valence-corrected chi connectivity index (χ0v) is 10.2. The van der Waals surface area contributed by atoms with Crippen molar-refractivity contribution in [2.24, 2.45) is 0 Å². The summed E-state index contributed by atoms with van der Waals surface area (Å²) in [4.78, 5) is 35.0. The van der Waals surface area contributed by atoms with Crippen molar-refractivity contribution in [2.45, 2.75) is 25.1 Å². The number of rotatable bonds is 4. The van der Waals surface area contributed by atoms with Crippen LogP contribution >= 0.6 is 0 Å². The number of carbonyl (C=O) groups excluding carboxylic acids is 3. The zero-order valence-electron chi connectivity index (χ0n) is 10.2. The standard InChI is InChI=1S/C10H14F3N3O3/c1-16-8(18)3-2-6(9(16)19)15-7(17)4-14-5-10(11,12)13/h6,14H,2-5H2,1H3,(H,15,17). The average Bonchev–Trinajstić information content (AvgIpc) is 2.28. The number of carbonyl (C=O) groups is 3. The highest BCUT2D eigenvalue weighted by Gasteiger charge is 2.33. The summed E-state index contributed by atoms with van der Waals surface area (Å²) in [6, 6.07) is -0.858. The number of hydrogen-bond acceptors (Lipinski definition) is 4. The van der Waals surface area contributed by atoms with Gasteiger partial charge in [0.25, 0.3) is 5.91 Å². The lowest BCUT2D eigenvalue weighted by Crippen LogP contribution is -2.54. The molecule has 1 heterocycles. The summed E-state index contributed by atoms with van der Waals surface area (Å²) >= 11 is 0. The van der Waals surface area contributed by atoms with Gasteiger partial charge in [0.1, 0.15) is 6.04 Å². The van der Waals surface area contributed by atoms with Crippen LogP contribution in [-0.2, 0) is 14.4 Å². The van der Waals surface area contributed by atoms with Crippen molar-refractivity contribution in [1.82, 2.24) is 15.5 Å². The van der Waals surface area contributed by atoms with E-state index >= 15 is 0 Å². The molecule has 3 amide bonds. The number of imide groups is 1. The van der Waals surface area contributed by atoms with Crippen molar-refractivity contribution in [2.75, 3.05) is 20.1 Å². The van der Waals surface area contributed by atoms with Gasteiger partial charge in [-0.2, -0.15) is 13.2 Å². The van der Waals surface area contributed by atoms with Gasteiger partial charge in [0.05, 0.1) is 13.1 Å². The van der Waals surface area contributed by atoms with Crippen LogP contribution in [0.5, 0.6) is 0 Å². The summed E-state index contributed by atoms with van der Waals surface area (Å²) in [5.74, 6) is -1.61. The molecule has 6 nitrogen and oxygen atoms in total. The fourth-order valence-corrected chi connectivity index (χ4v) is 1.61. The van der Waals surface area contributed by atoms with Gasteiger partial charge in [0.15, 0.2) is 0 Å². The second kappa shape index (κ2) is 6.00. The summed E-state index contributed by atoms with van der Waals surface area (Å²) in [7, 11) is 1.30. The lowest BCUT2D eigenvalue weighted by Gasteiger charge is -2.28. The van der Waals surface area contributed by atoms with Gasteiger partial charge in [-0.3, -0.25) is 19.3 Å². The second-order valence-corrected chi connectivity index (χ2v) is 4.17. The molecule has 1 saturated heterocycles. The molecule has 19 heavy (non-hydrogen) atoms. The first-order chi connectivity index (χ1) is 8.70. The fraction of sp³-hybridized carbons (Fsp3) is 0.700. The fourth-order valence-electron chi connectivity index (χ4n) is 1.61. The smallest absolute Gasteiger partial charge is 0.343 e. The molecule has 2 N–H and O–H groups in total. The molecule has 108 valence electrons. The monoisotopic (exact) mass is 281 g/mol. The number of piperidine rings is 1. The highest BCUT2D eigenvalue weighted by atomic mass is 19.4. The molecule has 0 aromatic carbocycles. The molecule has 1 aliphatic rings. The van der Waals surface area contributed by atoms with Crippen LogP contribution in [0.15, 0.2) is 0 Å². The van der Waals surface area contributed by atoms with E-state index in [1.165, 1.54) is 7.05 Å². The number of halogens is 3. The van der Waals surface area contributed by atoms with E-state index in [1.54, 1.807) is 0 Å². The molecular weight excluding hydrogens is 267 g/mol. The van der Waals surface area contributed by atoms with Crippen molar-refractivity contribution in [1.29, 1.82) is 0 Å². The Morgan fingerprint density at radius 3 is 2.63 bits per heavy atom. The highest BCUT2D eigenvalue weighted by molar-refractivity contribution is 6.01. The summed E-state index contributed by atoms with van der Waals surface area (Å²) in [6.45, 7) is -1.82. The first kappa shape index (κ1) is 15.4. The molecule has 0 spiro atoms. The number of nitrogens with one attached hydrogen (secondary N) is 2. The van der Waals surface area contributed by atoms with E-state index in [1.807, 2.05) is 5.32 Å². The number of nitrogens with zero attached hydrogens (tertiary/aromatic N) is 1. The maximum atomic E-state index is 11.8. The molecule has 0 aliphatic carbocycles. The molecule has 0 aromatic heterocycles. The zero-order chi connectivity index (χ0) is 14.6. The molecule has 0 bridgehead atoms. The molecule has 0 radical (unpaired) electrons. The molecule has 1 fully saturated rings. The van der Waals surface area contributed by atoms with Crippen LogP contribution in [-0.4, -0.2) is 55.0 Å². The summed E-state index contributed by atoms with van der Waals surface area (Å²) < 4.78 is 35.5. The van der Waals surface area contributed by atoms with Gasteiger partial charge < -0.3 is 10.6 Å². The van der Waals surface area contributed by atoms with E-state index in [4.69, 9.17) is 0 Å².